The Morgan fingerprint density at radius 3 is 3.11 bits per heavy atom. The van der Waals surface area contributed by atoms with Gasteiger partial charge in [0.15, 0.2) is 11.5 Å². The van der Waals surface area contributed by atoms with E-state index in [2.05, 4.69) is 15.0 Å². The van der Waals surface area contributed by atoms with Crippen molar-refractivity contribution in [2.45, 2.75) is 18.7 Å². The second-order valence-electron chi connectivity index (χ2n) is 4.27. The Bertz CT molecular complexity index is 631. The van der Waals surface area contributed by atoms with Gasteiger partial charge in [-0.25, -0.2) is 15.0 Å². The van der Waals surface area contributed by atoms with Gasteiger partial charge in [-0.05, 0) is 0 Å². The van der Waals surface area contributed by atoms with Crippen LogP contribution in [0.25, 0.3) is 11.2 Å². The Morgan fingerprint density at radius 1 is 1.53 bits per heavy atom. The van der Waals surface area contributed by atoms with E-state index in [0.29, 0.717) is 30.1 Å². The Morgan fingerprint density at radius 2 is 2.37 bits per heavy atom. The molecular weight excluding hydrogens is 269 g/mol. The molecule has 0 saturated carbocycles. The highest BCUT2D eigenvalue weighted by molar-refractivity contribution is 7.44. The molecule has 1 aliphatic heterocycles. The number of anilines is 1. The molecule has 2 aromatic rings. The molecule has 0 amide bonds. The standard InChI is InChI=1S/C10H13N5O3P/c1-19(16)10-17-3-6(18-10)2-15-5-14-7-8(11)12-4-13-9(7)15/h4-6,10H,2-3H2,1H3,(H2,11,12,13)/q+1. The fourth-order valence-electron chi connectivity index (χ4n) is 1.97. The molecule has 2 N–H and O–H groups in total. The van der Waals surface area contributed by atoms with E-state index in [-0.39, 0.29) is 6.10 Å². The first-order valence-electron chi connectivity index (χ1n) is 5.73. The average Bonchev–Trinajstić information content (AvgIpc) is 2.98. The third kappa shape index (κ3) is 2.30. The van der Waals surface area contributed by atoms with Crippen molar-refractivity contribution in [2.75, 3.05) is 19.0 Å². The Balaban J connectivity index is 1.79. The number of ether oxygens (including phenoxy) is 2. The minimum Gasteiger partial charge on any atom is -0.382 e. The summed E-state index contributed by atoms with van der Waals surface area (Å²) in [7, 11) is -1.50. The van der Waals surface area contributed by atoms with Gasteiger partial charge in [0, 0.05) is 0 Å². The molecule has 0 spiro atoms. The molecule has 1 saturated heterocycles. The van der Waals surface area contributed by atoms with Crippen molar-refractivity contribution in [2.24, 2.45) is 0 Å². The van der Waals surface area contributed by atoms with Gasteiger partial charge >= 0.3 is 13.8 Å². The number of nitrogen functional groups attached to an aromatic ring is 1. The highest BCUT2D eigenvalue weighted by Gasteiger charge is 2.37. The number of hydrogen-bond acceptors (Lipinski definition) is 7. The smallest absolute Gasteiger partial charge is 0.382 e. The topological polar surface area (TPSA) is 105 Å². The minimum atomic E-state index is -1.50. The molecule has 19 heavy (non-hydrogen) atoms. The van der Waals surface area contributed by atoms with Crippen LogP contribution in [0, 0.1) is 0 Å². The summed E-state index contributed by atoms with van der Waals surface area (Å²) in [6, 6.07) is -0.616. The Labute approximate surface area is 109 Å². The van der Waals surface area contributed by atoms with Gasteiger partial charge in [0.25, 0.3) is 0 Å². The van der Waals surface area contributed by atoms with Crippen molar-refractivity contribution in [3.8, 4) is 0 Å². The van der Waals surface area contributed by atoms with E-state index >= 15 is 0 Å². The second-order valence-corrected chi connectivity index (χ2v) is 5.79. The normalized spacial score (nSPS) is 23.9. The zero-order valence-corrected chi connectivity index (χ0v) is 11.2. The van der Waals surface area contributed by atoms with Crippen LogP contribution < -0.4 is 5.73 Å². The number of imidazole rings is 1. The first kappa shape index (κ1) is 12.4. The predicted octanol–water partition coefficient (Wildman–Crippen LogP) is 0.565. The fraction of sp³-hybridized carbons (Fsp3) is 0.500. The summed E-state index contributed by atoms with van der Waals surface area (Å²) in [5.74, 6) is 0.349. The van der Waals surface area contributed by atoms with Crippen LogP contribution >= 0.6 is 7.80 Å². The molecular formula is C10H13N5O3P+. The highest BCUT2D eigenvalue weighted by atomic mass is 31.1. The van der Waals surface area contributed by atoms with Crippen molar-refractivity contribution >= 4 is 24.8 Å². The lowest BCUT2D eigenvalue weighted by Gasteiger charge is -2.08. The molecule has 0 aromatic carbocycles. The summed E-state index contributed by atoms with van der Waals surface area (Å²) in [5.41, 5.74) is 6.94. The summed E-state index contributed by atoms with van der Waals surface area (Å²) in [4.78, 5) is 12.2. The van der Waals surface area contributed by atoms with Gasteiger partial charge in [0.2, 0.25) is 0 Å². The lowest BCUT2D eigenvalue weighted by molar-refractivity contribution is 0.00449. The van der Waals surface area contributed by atoms with E-state index in [4.69, 9.17) is 15.2 Å². The average molecular weight is 282 g/mol. The van der Waals surface area contributed by atoms with E-state index < -0.39 is 13.8 Å². The predicted molar refractivity (Wildman–Crippen MR) is 67.9 cm³/mol. The van der Waals surface area contributed by atoms with Crippen LogP contribution in [0.5, 0.6) is 0 Å². The monoisotopic (exact) mass is 282 g/mol. The SMILES string of the molecule is C[P+](=O)C1OCC(Cn2cnc3c(N)ncnc32)O1. The van der Waals surface area contributed by atoms with Crippen LogP contribution in [0.15, 0.2) is 12.7 Å². The fourth-order valence-corrected chi connectivity index (χ4v) is 2.61. The minimum absolute atomic E-state index is 0.169. The zero-order chi connectivity index (χ0) is 13.4. The summed E-state index contributed by atoms with van der Waals surface area (Å²) in [6.07, 6.45) is 2.86. The van der Waals surface area contributed by atoms with Crippen molar-refractivity contribution in [1.82, 2.24) is 19.5 Å². The Kier molecular flexibility index (Phi) is 3.14. The first-order valence-corrected chi connectivity index (χ1v) is 7.51. The molecule has 100 valence electrons. The third-order valence-electron chi connectivity index (χ3n) is 2.86. The van der Waals surface area contributed by atoms with Crippen molar-refractivity contribution in [1.29, 1.82) is 0 Å². The molecule has 3 unspecified atom stereocenters. The molecule has 3 heterocycles. The maximum Gasteiger partial charge on any atom is 0.398 e. The highest BCUT2D eigenvalue weighted by Crippen LogP contribution is 2.31. The van der Waals surface area contributed by atoms with Crippen molar-refractivity contribution in [3.63, 3.8) is 0 Å². The number of fused-ring (bicyclic) bond motifs is 1. The second kappa shape index (κ2) is 4.80. The largest absolute Gasteiger partial charge is 0.398 e. The van der Waals surface area contributed by atoms with Gasteiger partial charge in [0.1, 0.15) is 24.6 Å². The molecule has 1 fully saturated rings. The lowest BCUT2D eigenvalue weighted by atomic mass is 10.4. The van der Waals surface area contributed by atoms with E-state index in [0.717, 1.165) is 0 Å². The molecule has 9 heteroatoms. The summed E-state index contributed by atoms with van der Waals surface area (Å²) < 4.78 is 24.0. The molecule has 8 nitrogen and oxygen atoms in total. The van der Waals surface area contributed by atoms with E-state index in [1.165, 1.54) is 6.33 Å². The van der Waals surface area contributed by atoms with E-state index in [1.54, 1.807) is 13.0 Å². The van der Waals surface area contributed by atoms with Gasteiger partial charge in [-0.1, -0.05) is 4.57 Å². The van der Waals surface area contributed by atoms with Crippen LogP contribution in [0.4, 0.5) is 5.82 Å². The number of rotatable bonds is 3. The molecule has 1 aliphatic rings. The van der Waals surface area contributed by atoms with Crippen molar-refractivity contribution in [3.05, 3.63) is 12.7 Å². The van der Waals surface area contributed by atoms with Crippen LogP contribution in [0.2, 0.25) is 0 Å². The van der Waals surface area contributed by atoms with E-state index in [1.807, 2.05) is 4.57 Å². The quantitative estimate of drug-likeness (QED) is 0.820. The molecule has 0 aliphatic carbocycles. The molecule has 0 radical (unpaired) electrons. The lowest BCUT2D eigenvalue weighted by Crippen LogP contribution is -2.18. The van der Waals surface area contributed by atoms with E-state index in [9.17, 15) is 4.57 Å². The van der Waals surface area contributed by atoms with Crippen LogP contribution in [-0.4, -0.2) is 44.9 Å². The summed E-state index contributed by atoms with van der Waals surface area (Å²) in [5, 5.41) is 0. The van der Waals surface area contributed by atoms with Gasteiger partial charge in [-0.3, -0.25) is 0 Å². The maximum absolute atomic E-state index is 11.3. The van der Waals surface area contributed by atoms with Crippen LogP contribution in [0.1, 0.15) is 0 Å². The molecule has 2 aromatic heterocycles. The van der Waals surface area contributed by atoms with Gasteiger partial charge in [-0.2, -0.15) is 0 Å². The van der Waals surface area contributed by atoms with Crippen molar-refractivity contribution < 1.29 is 14.0 Å². The van der Waals surface area contributed by atoms with Crippen LogP contribution in [0.3, 0.4) is 0 Å². The van der Waals surface area contributed by atoms with Gasteiger partial charge < -0.3 is 19.8 Å². The Hall–Kier alpha value is -1.63. The number of hydrogen-bond donors (Lipinski definition) is 1. The first-order chi connectivity index (χ1) is 9.15. The number of nitrogens with two attached hydrogens (primary N) is 1. The van der Waals surface area contributed by atoms with Crippen LogP contribution in [-0.2, 0) is 20.6 Å². The molecule has 3 rings (SSSR count). The molecule has 0 bridgehead atoms. The molecule has 3 atom stereocenters. The van der Waals surface area contributed by atoms with Gasteiger partial charge in [0.05, 0.1) is 19.5 Å². The third-order valence-corrected chi connectivity index (χ3v) is 3.72. The number of aromatic nitrogens is 4. The van der Waals surface area contributed by atoms with Gasteiger partial charge in [-0.15, -0.1) is 0 Å². The number of nitrogens with zero attached hydrogens (tertiary/aromatic N) is 4. The maximum atomic E-state index is 11.3. The zero-order valence-electron chi connectivity index (χ0n) is 10.3. The summed E-state index contributed by atoms with van der Waals surface area (Å²) in [6.45, 7) is 2.51. The summed E-state index contributed by atoms with van der Waals surface area (Å²) >= 11 is 0.